The Balaban J connectivity index is 1.52. The maximum Gasteiger partial charge on any atom is 0.251 e. The number of hydrogen-bond acceptors (Lipinski definition) is 4. The Morgan fingerprint density at radius 2 is 1.42 bits per heavy atom. The SMILES string of the molecule is O=C(Nc1ccc2c(c1)OCO2)[C@H](c1ccccc1)N(Cc1ccccc1)c1ccccc1. The fourth-order valence-corrected chi connectivity index (χ4v) is 4.02. The van der Waals surface area contributed by atoms with Crippen molar-refractivity contribution in [3.05, 3.63) is 120 Å². The smallest absolute Gasteiger partial charge is 0.251 e. The predicted molar refractivity (Wildman–Crippen MR) is 129 cm³/mol. The molecule has 4 aromatic rings. The summed E-state index contributed by atoms with van der Waals surface area (Å²) in [5.74, 6) is 1.19. The highest BCUT2D eigenvalue weighted by molar-refractivity contribution is 5.98. The highest BCUT2D eigenvalue weighted by Gasteiger charge is 2.29. The van der Waals surface area contributed by atoms with Crippen LogP contribution >= 0.6 is 0 Å². The van der Waals surface area contributed by atoms with Crippen LogP contribution in [0.15, 0.2) is 109 Å². The van der Waals surface area contributed by atoms with Crippen LogP contribution in [0.3, 0.4) is 0 Å². The largest absolute Gasteiger partial charge is 0.454 e. The van der Waals surface area contributed by atoms with Crippen molar-refractivity contribution in [2.75, 3.05) is 17.0 Å². The number of amides is 1. The number of carbonyl (C=O) groups excluding carboxylic acids is 1. The van der Waals surface area contributed by atoms with E-state index in [1.807, 2.05) is 91.0 Å². The maximum atomic E-state index is 13.8. The van der Waals surface area contributed by atoms with E-state index in [0.717, 1.165) is 16.8 Å². The van der Waals surface area contributed by atoms with Crippen molar-refractivity contribution >= 4 is 17.3 Å². The minimum Gasteiger partial charge on any atom is -0.454 e. The van der Waals surface area contributed by atoms with Crippen molar-refractivity contribution in [3.63, 3.8) is 0 Å². The molecule has 1 atom stereocenters. The lowest BCUT2D eigenvalue weighted by Crippen LogP contribution is -2.37. The third kappa shape index (κ3) is 4.67. The summed E-state index contributed by atoms with van der Waals surface area (Å²) < 4.78 is 10.9. The quantitative estimate of drug-likeness (QED) is 0.398. The molecule has 1 N–H and O–H groups in total. The molecule has 0 unspecified atom stereocenters. The summed E-state index contributed by atoms with van der Waals surface area (Å²) in [6.45, 7) is 0.775. The summed E-state index contributed by atoms with van der Waals surface area (Å²) in [6, 6.07) is 35.0. The molecule has 1 amide bonds. The number of carbonyl (C=O) groups is 1. The van der Waals surface area contributed by atoms with E-state index in [2.05, 4.69) is 22.3 Å². The van der Waals surface area contributed by atoms with Gasteiger partial charge in [-0.3, -0.25) is 4.79 Å². The molecule has 5 heteroatoms. The summed E-state index contributed by atoms with van der Waals surface area (Å²) >= 11 is 0. The van der Waals surface area contributed by atoms with E-state index in [-0.39, 0.29) is 12.7 Å². The fourth-order valence-electron chi connectivity index (χ4n) is 4.02. The number of nitrogens with one attached hydrogen (secondary N) is 1. The Labute approximate surface area is 193 Å². The molecule has 0 fully saturated rings. The predicted octanol–water partition coefficient (Wildman–Crippen LogP) is 5.80. The molecule has 0 spiro atoms. The van der Waals surface area contributed by atoms with Gasteiger partial charge in [-0.25, -0.2) is 0 Å². The molecule has 4 aromatic carbocycles. The average Bonchev–Trinajstić information content (AvgIpc) is 3.33. The summed E-state index contributed by atoms with van der Waals surface area (Å²) in [6.07, 6.45) is 0. The number of nitrogens with zero attached hydrogens (tertiary/aromatic N) is 1. The second kappa shape index (κ2) is 9.49. The van der Waals surface area contributed by atoms with Gasteiger partial charge in [-0.2, -0.15) is 0 Å². The fraction of sp³-hybridized carbons (Fsp3) is 0.107. The Morgan fingerprint density at radius 3 is 2.15 bits per heavy atom. The molecule has 0 radical (unpaired) electrons. The van der Waals surface area contributed by atoms with E-state index >= 15 is 0 Å². The molecular formula is C28H24N2O3. The Bertz CT molecular complexity index is 1210. The van der Waals surface area contributed by atoms with Crippen molar-refractivity contribution in [1.82, 2.24) is 0 Å². The van der Waals surface area contributed by atoms with Crippen LogP contribution in [0.4, 0.5) is 11.4 Å². The summed E-state index contributed by atoms with van der Waals surface area (Å²) in [5.41, 5.74) is 3.67. The number of fused-ring (bicyclic) bond motifs is 1. The molecule has 0 saturated carbocycles. The van der Waals surface area contributed by atoms with Crippen molar-refractivity contribution in [2.24, 2.45) is 0 Å². The standard InChI is InChI=1S/C28H24N2O3/c31-28(29-23-16-17-25-26(18-23)33-20-32-25)27(22-12-6-2-7-13-22)30(24-14-8-3-9-15-24)19-21-10-4-1-5-11-21/h1-18,27H,19-20H2,(H,29,31)/t27-/m0/s1. The lowest BCUT2D eigenvalue weighted by Gasteiger charge is -2.33. The molecule has 0 bridgehead atoms. The van der Waals surface area contributed by atoms with Crippen LogP contribution < -0.4 is 19.7 Å². The molecule has 1 aliphatic rings. The second-order valence-electron chi connectivity index (χ2n) is 7.82. The minimum atomic E-state index is -0.542. The van der Waals surface area contributed by atoms with Gasteiger partial charge in [0, 0.05) is 24.0 Å². The number of hydrogen-bond donors (Lipinski definition) is 1. The van der Waals surface area contributed by atoms with E-state index in [0.29, 0.717) is 23.7 Å². The zero-order valence-corrected chi connectivity index (χ0v) is 18.1. The summed E-state index contributed by atoms with van der Waals surface area (Å²) in [4.78, 5) is 15.9. The molecule has 1 heterocycles. The van der Waals surface area contributed by atoms with Gasteiger partial charge in [-0.05, 0) is 35.4 Å². The molecule has 164 valence electrons. The van der Waals surface area contributed by atoms with Gasteiger partial charge >= 0.3 is 0 Å². The molecular weight excluding hydrogens is 412 g/mol. The highest BCUT2D eigenvalue weighted by atomic mass is 16.7. The van der Waals surface area contributed by atoms with Crippen LogP contribution in [-0.4, -0.2) is 12.7 Å². The zero-order valence-electron chi connectivity index (χ0n) is 18.1. The Hall–Kier alpha value is -4.25. The number of benzene rings is 4. The molecule has 5 nitrogen and oxygen atoms in total. The number of rotatable bonds is 7. The van der Waals surface area contributed by atoms with Gasteiger partial charge in [0.25, 0.3) is 5.91 Å². The van der Waals surface area contributed by atoms with E-state index in [1.54, 1.807) is 6.07 Å². The maximum absolute atomic E-state index is 13.8. The van der Waals surface area contributed by atoms with Crippen molar-refractivity contribution in [1.29, 1.82) is 0 Å². The first-order valence-corrected chi connectivity index (χ1v) is 10.9. The van der Waals surface area contributed by atoms with Crippen LogP contribution in [-0.2, 0) is 11.3 Å². The topological polar surface area (TPSA) is 50.8 Å². The first-order valence-electron chi connectivity index (χ1n) is 10.9. The molecule has 0 aromatic heterocycles. The monoisotopic (exact) mass is 436 g/mol. The molecule has 0 aliphatic carbocycles. The number of para-hydroxylation sites is 1. The van der Waals surface area contributed by atoms with Gasteiger partial charge in [-0.15, -0.1) is 0 Å². The van der Waals surface area contributed by atoms with Gasteiger partial charge in [0.15, 0.2) is 11.5 Å². The third-order valence-corrected chi connectivity index (χ3v) is 5.60. The molecule has 0 saturated heterocycles. The second-order valence-corrected chi connectivity index (χ2v) is 7.82. The summed E-state index contributed by atoms with van der Waals surface area (Å²) in [7, 11) is 0. The van der Waals surface area contributed by atoms with Crippen molar-refractivity contribution in [3.8, 4) is 11.5 Å². The lowest BCUT2D eigenvalue weighted by molar-refractivity contribution is -0.117. The molecule has 5 rings (SSSR count). The Kier molecular flexibility index (Phi) is 5.93. The number of anilines is 2. The highest BCUT2D eigenvalue weighted by Crippen LogP contribution is 2.35. The van der Waals surface area contributed by atoms with E-state index in [1.165, 1.54) is 0 Å². The van der Waals surface area contributed by atoms with Crippen LogP contribution in [0.25, 0.3) is 0 Å². The zero-order chi connectivity index (χ0) is 22.5. The van der Waals surface area contributed by atoms with Gasteiger partial charge in [0.05, 0.1) is 0 Å². The first kappa shape index (κ1) is 20.6. The number of ether oxygens (including phenoxy) is 2. The van der Waals surface area contributed by atoms with Gasteiger partial charge in [0.1, 0.15) is 6.04 Å². The molecule has 1 aliphatic heterocycles. The van der Waals surface area contributed by atoms with Gasteiger partial charge in [0.2, 0.25) is 6.79 Å². The van der Waals surface area contributed by atoms with Crippen molar-refractivity contribution in [2.45, 2.75) is 12.6 Å². The van der Waals surface area contributed by atoms with Gasteiger partial charge in [-0.1, -0.05) is 78.9 Å². The third-order valence-electron chi connectivity index (χ3n) is 5.60. The van der Waals surface area contributed by atoms with Crippen molar-refractivity contribution < 1.29 is 14.3 Å². The van der Waals surface area contributed by atoms with Crippen LogP contribution in [0.5, 0.6) is 11.5 Å². The van der Waals surface area contributed by atoms with Crippen LogP contribution in [0, 0.1) is 0 Å². The normalized spacial score (nSPS) is 12.7. The first-order chi connectivity index (χ1) is 16.3. The van der Waals surface area contributed by atoms with Crippen LogP contribution in [0.1, 0.15) is 17.2 Å². The van der Waals surface area contributed by atoms with Gasteiger partial charge < -0.3 is 19.7 Å². The van der Waals surface area contributed by atoms with Crippen LogP contribution in [0.2, 0.25) is 0 Å². The van der Waals surface area contributed by atoms with E-state index in [4.69, 9.17) is 9.47 Å². The summed E-state index contributed by atoms with van der Waals surface area (Å²) in [5, 5.41) is 3.09. The molecule has 33 heavy (non-hydrogen) atoms. The van der Waals surface area contributed by atoms with E-state index < -0.39 is 6.04 Å². The Morgan fingerprint density at radius 1 is 0.788 bits per heavy atom. The average molecular weight is 437 g/mol. The van der Waals surface area contributed by atoms with E-state index in [9.17, 15) is 4.79 Å². The minimum absolute atomic E-state index is 0.125. The lowest BCUT2D eigenvalue weighted by atomic mass is 10.0.